The molecule has 4 aliphatic rings. The Balaban J connectivity index is 1.37. The van der Waals surface area contributed by atoms with Crippen LogP contribution in [0.4, 0.5) is 0 Å². The van der Waals surface area contributed by atoms with Gasteiger partial charge in [-0.3, -0.25) is 0 Å². The smallest absolute Gasteiger partial charge is 0.126 e. The molecule has 0 bridgehead atoms. The first-order valence-corrected chi connectivity index (χ1v) is 22.3. The number of fused-ring (bicyclic) bond motifs is 2. The van der Waals surface area contributed by atoms with Crippen molar-refractivity contribution in [2.45, 2.75) is 112 Å². The lowest BCUT2D eigenvalue weighted by molar-refractivity contribution is 0.175. The minimum absolute atomic E-state index is 0.0134. The molecular weight excluding hydrogens is 597 g/mol. The quantitative estimate of drug-likeness (QED) is 0.269. The molecule has 2 aromatic rings. The molecule has 48 heavy (non-hydrogen) atoms. The van der Waals surface area contributed by atoms with Gasteiger partial charge in [-0.05, 0) is 104 Å². The average molecular weight is 661 g/mol. The fraction of sp³-hybridized carbons (Fsp3) is 0.565. The first-order chi connectivity index (χ1) is 22.5. The zero-order valence-corrected chi connectivity index (χ0v) is 33.2. The van der Waals surface area contributed by atoms with Crippen LogP contribution in [-0.2, 0) is 10.2 Å². The lowest BCUT2D eigenvalue weighted by Gasteiger charge is -2.47. The van der Waals surface area contributed by atoms with Gasteiger partial charge in [0.1, 0.15) is 5.76 Å². The molecule has 0 radical (unpaired) electrons. The number of ether oxygens (including phenoxy) is 1. The van der Waals surface area contributed by atoms with E-state index in [-0.39, 0.29) is 10.8 Å². The van der Waals surface area contributed by atoms with Crippen LogP contribution in [0.15, 0.2) is 90.2 Å². The number of benzene rings is 2. The summed E-state index contributed by atoms with van der Waals surface area (Å²) in [7, 11) is -1.81. The van der Waals surface area contributed by atoms with Gasteiger partial charge >= 0.3 is 0 Å². The van der Waals surface area contributed by atoms with Crippen molar-refractivity contribution in [1.29, 1.82) is 0 Å². The topological polar surface area (TPSA) is 9.23 Å². The summed E-state index contributed by atoms with van der Waals surface area (Å²) in [6.45, 7) is 30.2. The van der Waals surface area contributed by atoms with Crippen molar-refractivity contribution in [3.63, 3.8) is 0 Å². The summed E-state index contributed by atoms with van der Waals surface area (Å²) in [6, 6.07) is 20.8. The predicted octanol–water partition coefficient (Wildman–Crippen LogP) is 13.0. The van der Waals surface area contributed by atoms with Gasteiger partial charge in [0.05, 0.1) is 14.7 Å². The van der Waals surface area contributed by atoms with Crippen LogP contribution in [0, 0.1) is 46.8 Å². The Bertz CT molecular complexity index is 1590. The van der Waals surface area contributed by atoms with Crippen LogP contribution in [-0.4, -0.2) is 14.7 Å². The molecule has 2 heteroatoms. The second-order valence-corrected chi connectivity index (χ2v) is 24.1. The molecular formula is C46H64OSi. The fourth-order valence-electron chi connectivity index (χ4n) is 10.9. The maximum absolute atomic E-state index is 6.89. The summed E-state index contributed by atoms with van der Waals surface area (Å²) < 4.78 is 6.89. The maximum atomic E-state index is 6.89. The fourth-order valence-corrected chi connectivity index (χ4v) is 17.2. The molecule has 0 aromatic heterocycles. The molecule has 0 heterocycles. The third-order valence-corrected chi connectivity index (χ3v) is 18.1. The van der Waals surface area contributed by atoms with Crippen LogP contribution < -0.4 is 0 Å². The molecule has 2 saturated carbocycles. The molecule has 0 saturated heterocycles. The van der Waals surface area contributed by atoms with E-state index in [1.165, 1.54) is 46.4 Å². The van der Waals surface area contributed by atoms with Gasteiger partial charge in [-0.25, -0.2) is 0 Å². The summed E-state index contributed by atoms with van der Waals surface area (Å²) >= 11 is 0. The van der Waals surface area contributed by atoms with Gasteiger partial charge in [0.2, 0.25) is 0 Å². The zero-order valence-electron chi connectivity index (χ0n) is 32.2. The largest absolute Gasteiger partial charge is 0.493 e. The Kier molecular flexibility index (Phi) is 9.51. The van der Waals surface area contributed by atoms with Gasteiger partial charge in [0.15, 0.2) is 0 Å². The molecule has 0 spiro atoms. The van der Waals surface area contributed by atoms with E-state index in [1.54, 1.807) is 5.57 Å². The highest BCUT2D eigenvalue weighted by Crippen LogP contribution is 2.66. The lowest BCUT2D eigenvalue weighted by Crippen LogP contribution is -2.46. The second kappa shape index (κ2) is 12.9. The Morgan fingerprint density at radius 3 is 1.94 bits per heavy atom. The number of allylic oxidation sites excluding steroid dienone is 7. The molecule has 0 amide bonds. The highest BCUT2D eigenvalue weighted by atomic mass is 28.3. The van der Waals surface area contributed by atoms with E-state index in [0.717, 1.165) is 23.6 Å². The maximum Gasteiger partial charge on any atom is 0.126 e. The molecule has 6 rings (SSSR count). The van der Waals surface area contributed by atoms with Crippen LogP contribution in [0.25, 0.3) is 11.1 Å². The van der Waals surface area contributed by atoms with Crippen molar-refractivity contribution >= 4 is 19.2 Å². The minimum atomic E-state index is -1.81. The molecule has 1 nitrogen and oxygen atoms in total. The van der Waals surface area contributed by atoms with Gasteiger partial charge in [0, 0.05) is 5.57 Å². The molecule has 0 aliphatic heterocycles. The van der Waals surface area contributed by atoms with E-state index in [9.17, 15) is 0 Å². The van der Waals surface area contributed by atoms with Gasteiger partial charge in [-0.2, -0.15) is 0 Å². The van der Waals surface area contributed by atoms with Crippen LogP contribution in [0.2, 0.25) is 24.2 Å². The molecule has 0 N–H and O–H groups in total. The van der Waals surface area contributed by atoms with Crippen molar-refractivity contribution in [2.75, 3.05) is 6.61 Å². The van der Waals surface area contributed by atoms with E-state index in [0.29, 0.717) is 35.5 Å². The zero-order chi connectivity index (χ0) is 34.8. The molecule has 4 aliphatic carbocycles. The summed E-state index contributed by atoms with van der Waals surface area (Å²) in [4.78, 5) is 0. The second-order valence-electron chi connectivity index (χ2n) is 19.1. The normalized spacial score (nSPS) is 30.7. The molecule has 2 fully saturated rings. The molecule has 8 atom stereocenters. The first-order valence-electron chi connectivity index (χ1n) is 19.1. The lowest BCUT2D eigenvalue weighted by atomic mass is 9.72. The van der Waals surface area contributed by atoms with Gasteiger partial charge in [-0.1, -0.05) is 161 Å². The van der Waals surface area contributed by atoms with Crippen LogP contribution >= 0.6 is 0 Å². The van der Waals surface area contributed by atoms with Gasteiger partial charge in [0.25, 0.3) is 0 Å². The van der Waals surface area contributed by atoms with E-state index in [4.69, 9.17) is 4.74 Å². The predicted molar refractivity (Wildman–Crippen MR) is 210 cm³/mol. The third kappa shape index (κ3) is 6.41. The van der Waals surface area contributed by atoms with E-state index < -0.39 is 8.07 Å². The van der Waals surface area contributed by atoms with Crippen molar-refractivity contribution < 1.29 is 4.74 Å². The molecule has 2 aromatic carbocycles. The minimum Gasteiger partial charge on any atom is -0.493 e. The standard InChI is InChI=1S/C46H64OSi/c1-29(2)28-47-42-40(46(8,9)10)27-39-38(41(42)33-17-14-13-15-18-33)26-31(4)44(39)48(11,12)43-30(3)25-37-35(19-16-20-36(37)43)32-21-23-34(24-22-32)45(5,6)7/h13-24,27,29-31,36-39,43-44H,25-26,28H2,1-12H3. The van der Waals surface area contributed by atoms with E-state index in [1.807, 2.05) is 0 Å². The Labute approximate surface area is 295 Å². The average Bonchev–Trinajstić information content (AvgIpc) is 3.54. The van der Waals surface area contributed by atoms with Crippen LogP contribution in [0.3, 0.4) is 0 Å². The number of rotatable bonds is 7. The van der Waals surface area contributed by atoms with Crippen molar-refractivity contribution in [2.24, 2.45) is 46.8 Å². The van der Waals surface area contributed by atoms with E-state index >= 15 is 0 Å². The summed E-state index contributed by atoms with van der Waals surface area (Å²) in [5.74, 6) is 5.45. The summed E-state index contributed by atoms with van der Waals surface area (Å²) in [6.07, 6.45) is 12.8. The van der Waals surface area contributed by atoms with Gasteiger partial charge in [-0.15, -0.1) is 0 Å². The van der Waals surface area contributed by atoms with Crippen LogP contribution in [0.1, 0.15) is 98.8 Å². The van der Waals surface area contributed by atoms with Crippen LogP contribution in [0.5, 0.6) is 0 Å². The highest BCUT2D eigenvalue weighted by Gasteiger charge is 2.58. The van der Waals surface area contributed by atoms with Crippen molar-refractivity contribution in [3.8, 4) is 0 Å². The monoisotopic (exact) mass is 660 g/mol. The number of hydrogen-bond acceptors (Lipinski definition) is 1. The van der Waals surface area contributed by atoms with E-state index in [2.05, 4.69) is 161 Å². The third-order valence-electron chi connectivity index (χ3n) is 12.7. The van der Waals surface area contributed by atoms with Gasteiger partial charge < -0.3 is 4.74 Å². The highest BCUT2D eigenvalue weighted by molar-refractivity contribution is 6.80. The SMILES string of the molecule is CC(C)COC1=C(c2ccccc2)C2CC(C)C([Si](C)(C)C3C(C)CC4C(c5ccc(C(C)(C)C)cc5)=CC=CC43)C2C=C1C(C)(C)C. The Hall–Kier alpha value is -2.58. The molecule has 258 valence electrons. The summed E-state index contributed by atoms with van der Waals surface area (Å²) in [5.41, 5.74) is 10.4. The molecule has 8 unspecified atom stereocenters. The summed E-state index contributed by atoms with van der Waals surface area (Å²) in [5, 5.41) is 0. The van der Waals surface area contributed by atoms with Crippen molar-refractivity contribution in [3.05, 3.63) is 107 Å². The Morgan fingerprint density at radius 1 is 0.750 bits per heavy atom. The Morgan fingerprint density at radius 2 is 1.35 bits per heavy atom. The number of hydrogen-bond donors (Lipinski definition) is 0. The van der Waals surface area contributed by atoms with Crippen molar-refractivity contribution in [1.82, 2.24) is 0 Å². The first kappa shape index (κ1) is 35.3.